The zero-order valence-electron chi connectivity index (χ0n) is 10.1. The molecule has 0 amide bonds. The van der Waals surface area contributed by atoms with Gasteiger partial charge in [0.2, 0.25) is 0 Å². The molecule has 1 aromatic carbocycles. The van der Waals surface area contributed by atoms with E-state index in [1.165, 1.54) is 25.3 Å². The zero-order chi connectivity index (χ0) is 14.0. The van der Waals surface area contributed by atoms with Crippen molar-refractivity contribution in [3.05, 3.63) is 29.8 Å². The van der Waals surface area contributed by atoms with Gasteiger partial charge in [-0.05, 0) is 31.5 Å². The molecular weight excluding hydrogens is 263 g/mol. The van der Waals surface area contributed by atoms with E-state index in [1.807, 2.05) is 0 Å². The average Bonchev–Trinajstić information content (AvgIpc) is 2.26. The number of esters is 1. The minimum absolute atomic E-state index is 0.202. The number of carbonyl (C=O) groups excluding carboxylic acids is 1. The molecule has 0 heterocycles. The van der Waals surface area contributed by atoms with Gasteiger partial charge in [-0.2, -0.15) is 8.42 Å². The van der Waals surface area contributed by atoms with Gasteiger partial charge in [0.05, 0.1) is 12.5 Å². The summed E-state index contributed by atoms with van der Waals surface area (Å²) in [5.41, 5.74) is -0.538. The van der Waals surface area contributed by atoms with Crippen molar-refractivity contribution in [3.8, 4) is 5.75 Å². The molecule has 0 bridgehead atoms. The average molecular weight is 276 g/mol. The van der Waals surface area contributed by atoms with E-state index < -0.39 is 21.9 Å². The van der Waals surface area contributed by atoms with Crippen LogP contribution in [0.1, 0.15) is 19.4 Å². The molecule has 0 atom stereocenters. The first-order chi connectivity index (χ1) is 8.16. The summed E-state index contributed by atoms with van der Waals surface area (Å²) in [6.45, 7) is 3.20. The topological polar surface area (TPSA) is 69.7 Å². The number of rotatable bonds is 4. The summed E-state index contributed by atoms with van der Waals surface area (Å²) in [6.07, 6.45) is 0. The maximum Gasteiger partial charge on any atom is 0.488 e. The van der Waals surface area contributed by atoms with Gasteiger partial charge < -0.3 is 8.92 Å². The Hall–Kier alpha value is -1.63. The van der Waals surface area contributed by atoms with Crippen molar-refractivity contribution in [3.63, 3.8) is 0 Å². The predicted molar refractivity (Wildman–Crippen MR) is 62.1 cm³/mol. The monoisotopic (exact) mass is 276 g/mol. The van der Waals surface area contributed by atoms with Crippen molar-refractivity contribution in [1.29, 1.82) is 0 Å². The highest BCUT2D eigenvalue weighted by molar-refractivity contribution is 7.81. The normalized spacial score (nSPS) is 12.0. The van der Waals surface area contributed by atoms with Crippen molar-refractivity contribution in [2.24, 2.45) is 0 Å². The molecule has 7 heteroatoms. The summed E-state index contributed by atoms with van der Waals surface area (Å²) in [6, 6.07) is 5.59. The fraction of sp³-hybridized carbons (Fsp3) is 0.364. The molecule has 5 nitrogen and oxygen atoms in total. The number of methoxy groups -OCH3 is 1. The Labute approximate surface area is 105 Å². The summed E-state index contributed by atoms with van der Waals surface area (Å²) in [5.74, 6) is -0.699. The SMILES string of the molecule is COC(=O)C(C)(C)c1cccc(OS(=O)(=O)F)c1. The van der Waals surface area contributed by atoms with Gasteiger partial charge in [-0.3, -0.25) is 4.79 Å². The van der Waals surface area contributed by atoms with Crippen LogP contribution in [0.5, 0.6) is 5.75 Å². The second kappa shape index (κ2) is 4.93. The number of hydrogen-bond donors (Lipinski definition) is 0. The number of benzene rings is 1. The Morgan fingerprint density at radius 2 is 1.94 bits per heavy atom. The van der Waals surface area contributed by atoms with Crippen LogP contribution in [0.25, 0.3) is 0 Å². The molecule has 0 saturated heterocycles. The third-order valence-corrected chi connectivity index (χ3v) is 2.84. The van der Waals surface area contributed by atoms with Gasteiger partial charge >= 0.3 is 16.5 Å². The molecule has 1 rings (SSSR count). The van der Waals surface area contributed by atoms with Crippen LogP contribution in [0, 0.1) is 0 Å². The minimum Gasteiger partial charge on any atom is -0.468 e. The van der Waals surface area contributed by atoms with Crippen molar-refractivity contribution < 1.29 is 26.0 Å². The molecule has 0 saturated carbocycles. The lowest BCUT2D eigenvalue weighted by molar-refractivity contribution is -0.146. The molecule has 0 spiro atoms. The standard InChI is InChI=1S/C11H13FO5S/c1-11(2,10(13)16-3)8-5-4-6-9(7-8)17-18(12,14)15/h4-7H,1-3H3. The van der Waals surface area contributed by atoms with Gasteiger partial charge in [0, 0.05) is 0 Å². The Morgan fingerprint density at radius 1 is 1.33 bits per heavy atom. The van der Waals surface area contributed by atoms with Crippen molar-refractivity contribution in [2.75, 3.05) is 7.11 Å². The molecule has 0 aliphatic carbocycles. The van der Waals surface area contributed by atoms with Gasteiger partial charge in [-0.15, -0.1) is 0 Å². The van der Waals surface area contributed by atoms with E-state index >= 15 is 0 Å². The maximum atomic E-state index is 12.4. The summed E-state index contributed by atoms with van der Waals surface area (Å²) in [4.78, 5) is 11.6. The van der Waals surface area contributed by atoms with E-state index in [9.17, 15) is 17.1 Å². The second-order valence-electron chi connectivity index (χ2n) is 4.12. The van der Waals surface area contributed by atoms with Gasteiger partial charge in [0.15, 0.2) is 0 Å². The van der Waals surface area contributed by atoms with E-state index in [4.69, 9.17) is 0 Å². The smallest absolute Gasteiger partial charge is 0.468 e. The fourth-order valence-electron chi connectivity index (χ4n) is 1.42. The Balaban J connectivity index is 3.13. The van der Waals surface area contributed by atoms with Crippen LogP contribution >= 0.6 is 0 Å². The number of halogens is 1. The predicted octanol–water partition coefficient (Wildman–Crippen LogP) is 1.73. The summed E-state index contributed by atoms with van der Waals surface area (Å²) < 4.78 is 41.9. The number of ether oxygens (including phenoxy) is 1. The van der Waals surface area contributed by atoms with Crippen molar-refractivity contribution >= 4 is 16.5 Å². The highest BCUT2D eigenvalue weighted by Gasteiger charge is 2.31. The first kappa shape index (κ1) is 14.4. The number of carbonyl (C=O) groups is 1. The largest absolute Gasteiger partial charge is 0.488 e. The van der Waals surface area contributed by atoms with Crippen LogP contribution < -0.4 is 4.18 Å². The van der Waals surface area contributed by atoms with E-state index in [0.29, 0.717) is 5.56 Å². The molecule has 0 unspecified atom stereocenters. The Bertz CT molecular complexity index is 550. The van der Waals surface area contributed by atoms with Crippen LogP contribution in [-0.4, -0.2) is 21.5 Å². The van der Waals surface area contributed by atoms with Crippen LogP contribution in [-0.2, 0) is 25.5 Å². The summed E-state index contributed by atoms with van der Waals surface area (Å²) >= 11 is 0. The van der Waals surface area contributed by atoms with Crippen LogP contribution in [0.3, 0.4) is 0 Å². The molecule has 100 valence electrons. The molecule has 0 fully saturated rings. The van der Waals surface area contributed by atoms with E-state index in [0.717, 1.165) is 0 Å². The van der Waals surface area contributed by atoms with Crippen molar-refractivity contribution in [1.82, 2.24) is 0 Å². The highest BCUT2D eigenvalue weighted by atomic mass is 32.3. The highest BCUT2D eigenvalue weighted by Crippen LogP contribution is 2.28. The quantitative estimate of drug-likeness (QED) is 0.618. The van der Waals surface area contributed by atoms with E-state index in [-0.39, 0.29) is 5.75 Å². The van der Waals surface area contributed by atoms with Gasteiger partial charge in [0.1, 0.15) is 5.75 Å². The molecule has 1 aromatic rings. The van der Waals surface area contributed by atoms with Crippen molar-refractivity contribution in [2.45, 2.75) is 19.3 Å². The lowest BCUT2D eigenvalue weighted by Gasteiger charge is -2.22. The molecule has 0 aromatic heterocycles. The first-order valence-electron chi connectivity index (χ1n) is 5.00. The van der Waals surface area contributed by atoms with Crippen LogP contribution in [0.4, 0.5) is 3.89 Å². The van der Waals surface area contributed by atoms with E-state index in [1.54, 1.807) is 19.9 Å². The Morgan fingerprint density at radius 3 is 2.44 bits per heavy atom. The number of hydrogen-bond acceptors (Lipinski definition) is 5. The van der Waals surface area contributed by atoms with Gasteiger partial charge in [0.25, 0.3) is 0 Å². The third-order valence-electron chi connectivity index (χ3n) is 2.45. The maximum absolute atomic E-state index is 12.4. The third kappa shape index (κ3) is 3.43. The molecule has 0 aliphatic rings. The minimum atomic E-state index is -5.08. The second-order valence-corrected chi connectivity index (χ2v) is 5.07. The lowest BCUT2D eigenvalue weighted by Crippen LogP contribution is -2.30. The van der Waals surface area contributed by atoms with Crippen LogP contribution in [0.15, 0.2) is 24.3 Å². The first-order valence-corrected chi connectivity index (χ1v) is 6.30. The van der Waals surface area contributed by atoms with Gasteiger partial charge in [-0.1, -0.05) is 16.0 Å². The Kier molecular flexibility index (Phi) is 3.95. The van der Waals surface area contributed by atoms with Gasteiger partial charge in [-0.25, -0.2) is 0 Å². The zero-order valence-corrected chi connectivity index (χ0v) is 11.0. The van der Waals surface area contributed by atoms with Crippen LogP contribution in [0.2, 0.25) is 0 Å². The van der Waals surface area contributed by atoms with E-state index in [2.05, 4.69) is 8.92 Å². The molecule has 18 heavy (non-hydrogen) atoms. The molecule has 0 N–H and O–H groups in total. The molecule has 0 radical (unpaired) electrons. The lowest BCUT2D eigenvalue weighted by atomic mass is 9.85. The fourth-order valence-corrected chi connectivity index (χ4v) is 1.76. The molecule has 0 aliphatic heterocycles. The molecular formula is C11H13FO5S. The summed E-state index contributed by atoms with van der Waals surface area (Å²) in [7, 11) is -3.83. The summed E-state index contributed by atoms with van der Waals surface area (Å²) in [5, 5.41) is 0.